The Labute approximate surface area is 100 Å². The molecule has 0 atom stereocenters. The highest BCUT2D eigenvalue weighted by molar-refractivity contribution is 8.03. The highest BCUT2D eigenvalue weighted by atomic mass is 32.2. The average Bonchev–Trinajstić information content (AvgIpc) is 2.32. The molecule has 5 heteroatoms. The van der Waals surface area contributed by atoms with E-state index in [-0.39, 0.29) is 28.7 Å². The maximum Gasteiger partial charge on any atom is 0.286 e. The van der Waals surface area contributed by atoms with Gasteiger partial charge in [-0.05, 0) is 23.5 Å². The molecule has 0 spiro atoms. The van der Waals surface area contributed by atoms with Crippen LogP contribution in [0.25, 0.3) is 0 Å². The number of rotatable bonds is 1. The minimum absolute atomic E-state index is 0.0542. The number of nitro groups is 1. The molecular formula is C11H8N2O2S. The standard InChI is InChI=1S/C11H8N2O2S/c1-3-8-7-11(13(14)15)9(4-5-16-2)6-10(8)12/h1,6-7H,12H2,2H3/i1T,2T. The molecule has 0 fully saturated rings. The van der Waals surface area contributed by atoms with Gasteiger partial charge in [0.15, 0.2) is 0 Å². The molecule has 0 aliphatic heterocycles. The molecule has 2 N–H and O–H groups in total. The van der Waals surface area contributed by atoms with Gasteiger partial charge in [-0.15, -0.1) is 6.40 Å². The van der Waals surface area contributed by atoms with E-state index in [4.69, 9.17) is 8.48 Å². The molecule has 0 heterocycles. The van der Waals surface area contributed by atoms with Gasteiger partial charge >= 0.3 is 0 Å². The van der Waals surface area contributed by atoms with E-state index in [0.717, 1.165) is 11.8 Å². The van der Waals surface area contributed by atoms with E-state index in [9.17, 15) is 10.1 Å². The summed E-state index contributed by atoms with van der Waals surface area (Å²) in [5.74, 6) is 4.95. The van der Waals surface area contributed by atoms with E-state index in [0.29, 0.717) is 0 Å². The van der Waals surface area contributed by atoms with Crippen molar-refractivity contribution in [1.29, 1.82) is 0 Å². The first-order valence-corrected chi connectivity index (χ1v) is 5.01. The van der Waals surface area contributed by atoms with Crippen LogP contribution in [0.5, 0.6) is 0 Å². The zero-order valence-corrected chi connectivity index (χ0v) is 8.93. The topological polar surface area (TPSA) is 69.2 Å². The highest BCUT2D eigenvalue weighted by Crippen LogP contribution is 2.24. The monoisotopic (exact) mass is 236 g/mol. The molecule has 0 bridgehead atoms. The first-order valence-electron chi connectivity index (χ1n) is 5.23. The van der Waals surface area contributed by atoms with Crippen molar-refractivity contribution in [2.45, 2.75) is 0 Å². The van der Waals surface area contributed by atoms with E-state index in [2.05, 4.69) is 17.1 Å². The predicted octanol–water partition coefficient (Wildman–Crippen LogP) is 1.83. The number of nitrogen functional groups attached to an aromatic ring is 1. The van der Waals surface area contributed by atoms with Crippen LogP contribution in [0.15, 0.2) is 12.1 Å². The van der Waals surface area contributed by atoms with Crippen LogP contribution in [-0.4, -0.2) is 11.2 Å². The molecule has 0 aliphatic carbocycles. The summed E-state index contributed by atoms with van der Waals surface area (Å²) in [6, 6.07) is 2.56. The molecule has 0 unspecified atom stereocenters. The maximum atomic E-state index is 10.9. The van der Waals surface area contributed by atoms with Crippen molar-refractivity contribution in [1.82, 2.24) is 0 Å². The SMILES string of the molecule is [3H]C#Cc1cc([N+](=O)[O-])c(C#CSC[3H])cc1N. The van der Waals surface area contributed by atoms with E-state index < -0.39 is 4.92 Å². The van der Waals surface area contributed by atoms with Gasteiger partial charge in [-0.3, -0.25) is 10.1 Å². The molecule has 16 heavy (non-hydrogen) atoms. The Kier molecular flexibility index (Phi) is 2.92. The molecular weight excluding hydrogens is 224 g/mol. The van der Waals surface area contributed by atoms with Gasteiger partial charge in [0.1, 0.15) is 6.93 Å². The van der Waals surface area contributed by atoms with Crippen molar-refractivity contribution >= 4 is 23.1 Å². The quantitative estimate of drug-likeness (QED) is 0.349. The third kappa shape index (κ3) is 2.47. The second kappa shape index (κ2) is 5.11. The molecule has 0 saturated heterocycles. The van der Waals surface area contributed by atoms with E-state index in [1.807, 2.05) is 6.40 Å². The molecule has 1 rings (SSSR count). The van der Waals surface area contributed by atoms with Crippen molar-refractivity contribution in [2.75, 3.05) is 12.0 Å². The molecule has 0 amide bonds. The van der Waals surface area contributed by atoms with Crippen LogP contribution < -0.4 is 5.73 Å². The zero-order chi connectivity index (χ0) is 13.5. The average molecular weight is 236 g/mol. The van der Waals surface area contributed by atoms with Crippen LogP contribution >= 0.6 is 11.8 Å². The summed E-state index contributed by atoms with van der Waals surface area (Å²) in [5, 5.41) is 13.5. The Hall–Kier alpha value is -2.11. The van der Waals surface area contributed by atoms with Crippen LogP contribution in [0.4, 0.5) is 11.4 Å². The lowest BCUT2D eigenvalue weighted by Gasteiger charge is -2.00. The molecule has 0 aromatic heterocycles. The van der Waals surface area contributed by atoms with Crippen molar-refractivity contribution in [3.8, 4) is 23.5 Å². The second-order valence-corrected chi connectivity index (χ2v) is 3.20. The van der Waals surface area contributed by atoms with Gasteiger partial charge in [0.25, 0.3) is 5.69 Å². The summed E-state index contributed by atoms with van der Waals surface area (Å²) in [5.41, 5.74) is 6.10. The largest absolute Gasteiger partial charge is 0.398 e. The fourth-order valence-electron chi connectivity index (χ4n) is 1.06. The number of hydrogen-bond acceptors (Lipinski definition) is 4. The minimum Gasteiger partial charge on any atom is -0.398 e. The third-order valence-electron chi connectivity index (χ3n) is 1.76. The van der Waals surface area contributed by atoms with Crippen LogP contribution in [0.1, 0.15) is 13.9 Å². The highest BCUT2D eigenvalue weighted by Gasteiger charge is 2.14. The van der Waals surface area contributed by atoms with Gasteiger partial charge in [-0.1, -0.05) is 17.7 Å². The van der Waals surface area contributed by atoms with Gasteiger partial charge in [0.2, 0.25) is 0 Å². The number of thioether (sulfide) groups is 1. The molecule has 80 valence electrons. The lowest BCUT2D eigenvalue weighted by Crippen LogP contribution is -1.97. The smallest absolute Gasteiger partial charge is 0.286 e. The molecule has 0 aliphatic rings. The Bertz CT molecular complexity index is 597. The fourth-order valence-corrected chi connectivity index (χ4v) is 1.24. The number of anilines is 1. The van der Waals surface area contributed by atoms with Gasteiger partial charge in [0.05, 0.1) is 10.5 Å². The van der Waals surface area contributed by atoms with Crippen molar-refractivity contribution < 1.29 is 7.66 Å². The van der Waals surface area contributed by atoms with Crippen molar-refractivity contribution in [3.63, 3.8) is 0 Å². The van der Waals surface area contributed by atoms with Gasteiger partial charge < -0.3 is 5.73 Å². The number of nitrogens with two attached hydrogens (primary N) is 1. The number of benzene rings is 1. The van der Waals surface area contributed by atoms with Crippen molar-refractivity contribution in [2.24, 2.45) is 0 Å². The first kappa shape index (κ1) is 9.14. The zero-order valence-electron chi connectivity index (χ0n) is 10.1. The van der Waals surface area contributed by atoms with Gasteiger partial charge in [0, 0.05) is 13.1 Å². The van der Waals surface area contributed by atoms with Crippen LogP contribution in [0.2, 0.25) is 0 Å². The van der Waals surface area contributed by atoms with E-state index >= 15 is 0 Å². The minimum atomic E-state index is -0.579. The van der Waals surface area contributed by atoms with E-state index in [1.54, 1.807) is 0 Å². The molecule has 4 nitrogen and oxygen atoms in total. The summed E-state index contributed by atoms with van der Waals surface area (Å²) < 4.78 is 13.7. The Morgan fingerprint density at radius 2 is 2.50 bits per heavy atom. The molecule has 1 aromatic carbocycles. The molecule has 0 saturated carbocycles. The summed E-state index contributed by atoms with van der Waals surface area (Å²) >= 11 is 1.03. The van der Waals surface area contributed by atoms with Gasteiger partial charge in [-0.25, -0.2) is 0 Å². The Morgan fingerprint density at radius 3 is 3.12 bits per heavy atom. The summed E-state index contributed by atoms with van der Waals surface area (Å²) in [6.45, 7) is 0. The predicted molar refractivity (Wildman–Crippen MR) is 65.8 cm³/mol. The lowest BCUT2D eigenvalue weighted by atomic mass is 10.1. The lowest BCUT2D eigenvalue weighted by molar-refractivity contribution is -0.385. The normalized spacial score (nSPS) is 10.0. The van der Waals surface area contributed by atoms with Crippen LogP contribution in [0.3, 0.4) is 0 Å². The fraction of sp³-hybridized carbons (Fsp3) is 0.0909. The Morgan fingerprint density at radius 1 is 1.69 bits per heavy atom. The first-order chi connectivity index (χ1) is 8.60. The number of hydrogen-bond donors (Lipinski definition) is 1. The van der Waals surface area contributed by atoms with Crippen LogP contribution in [0, 0.1) is 33.6 Å². The number of nitrogens with zero attached hydrogens (tertiary/aromatic N) is 1. The molecule has 1 aromatic rings. The van der Waals surface area contributed by atoms with E-state index in [1.165, 1.54) is 12.1 Å². The summed E-state index contributed by atoms with van der Waals surface area (Å²) in [7, 11) is 0. The van der Waals surface area contributed by atoms with Crippen LogP contribution in [-0.2, 0) is 0 Å². The third-order valence-corrected chi connectivity index (χ3v) is 2.00. The number of nitro benzene ring substituents is 1. The summed E-state index contributed by atoms with van der Waals surface area (Å²) in [4.78, 5) is 10.3. The summed E-state index contributed by atoms with van der Waals surface area (Å²) in [6.07, 6.45) is 1.95. The maximum absolute atomic E-state index is 10.9. The molecule has 0 radical (unpaired) electrons. The second-order valence-electron chi connectivity index (χ2n) is 2.71. The number of terminal acetylenes is 1. The Balaban J connectivity index is 3.33. The van der Waals surface area contributed by atoms with Crippen molar-refractivity contribution in [3.05, 3.63) is 33.4 Å². The van der Waals surface area contributed by atoms with Gasteiger partial charge in [-0.2, -0.15) is 0 Å².